The highest BCUT2D eigenvalue weighted by Crippen LogP contribution is 2.32. The zero-order valence-electron chi connectivity index (χ0n) is 16.3. The highest BCUT2D eigenvalue weighted by Gasteiger charge is 2.27. The lowest BCUT2D eigenvalue weighted by atomic mass is 9.75. The van der Waals surface area contributed by atoms with Crippen molar-refractivity contribution < 1.29 is 19.4 Å². The Labute approximate surface area is 185 Å². The lowest BCUT2D eigenvalue weighted by Gasteiger charge is -2.15. The first-order valence-electron chi connectivity index (χ1n) is 9.27. The van der Waals surface area contributed by atoms with Crippen molar-refractivity contribution in [2.75, 3.05) is 5.75 Å². The molecule has 0 saturated carbocycles. The third kappa shape index (κ3) is 4.61. The molecule has 2 unspecified atom stereocenters. The molecule has 158 valence electrons. The number of thiazole rings is 1. The van der Waals surface area contributed by atoms with Gasteiger partial charge in [0.05, 0.1) is 10.2 Å². The van der Waals surface area contributed by atoms with Gasteiger partial charge in [-0.25, -0.2) is 15.7 Å². The summed E-state index contributed by atoms with van der Waals surface area (Å²) in [6.45, 7) is 1.92. The molecule has 2 atom stereocenters. The predicted octanol–water partition coefficient (Wildman–Crippen LogP) is 2.73. The summed E-state index contributed by atoms with van der Waals surface area (Å²) in [7, 11) is -1.04. The Morgan fingerprint density at radius 3 is 2.74 bits per heavy atom. The van der Waals surface area contributed by atoms with Gasteiger partial charge < -0.3 is 14.6 Å². The van der Waals surface area contributed by atoms with E-state index in [4.69, 9.17) is 15.7 Å². The molecule has 31 heavy (non-hydrogen) atoms. The van der Waals surface area contributed by atoms with E-state index in [-0.39, 0.29) is 6.10 Å². The summed E-state index contributed by atoms with van der Waals surface area (Å²) in [5.74, 6) is 5.25. The number of carboxylic acids is 1. The molecule has 1 aliphatic heterocycles. The average molecular weight is 456 g/mol. The lowest BCUT2D eigenvalue weighted by molar-refractivity contribution is -0.137. The largest absolute Gasteiger partial charge is 0.536 e. The minimum absolute atomic E-state index is 0.244. The van der Waals surface area contributed by atoms with Crippen LogP contribution >= 0.6 is 23.1 Å². The van der Waals surface area contributed by atoms with Gasteiger partial charge in [-0.05, 0) is 36.1 Å². The predicted molar refractivity (Wildman–Crippen MR) is 122 cm³/mol. The average Bonchev–Trinajstić information content (AvgIpc) is 3.42. The number of nitroso groups, excluding NO2 is 1. The van der Waals surface area contributed by atoms with Crippen LogP contribution in [0.3, 0.4) is 0 Å². The van der Waals surface area contributed by atoms with Crippen LogP contribution in [0.4, 0.5) is 0 Å². The van der Waals surface area contributed by atoms with Gasteiger partial charge in [0.2, 0.25) is 0 Å². The van der Waals surface area contributed by atoms with Crippen molar-refractivity contribution in [2.24, 2.45) is 16.0 Å². The summed E-state index contributed by atoms with van der Waals surface area (Å²) in [6, 6.07) is 12.0. The first kappa shape index (κ1) is 21.4. The summed E-state index contributed by atoms with van der Waals surface area (Å²) >= 11 is 2.86. The smallest absolute Gasteiger partial charge is 0.486 e. The van der Waals surface area contributed by atoms with E-state index in [9.17, 15) is 9.70 Å². The Balaban J connectivity index is 1.49. The number of carboxylic acid groups (broad SMARTS) is 1. The van der Waals surface area contributed by atoms with Crippen LogP contribution in [-0.4, -0.2) is 39.9 Å². The maximum Gasteiger partial charge on any atom is 0.536 e. The summed E-state index contributed by atoms with van der Waals surface area (Å²) < 4.78 is 11.5. The van der Waals surface area contributed by atoms with Crippen molar-refractivity contribution in [3.05, 3.63) is 57.9 Å². The number of benzene rings is 2. The number of aliphatic imine (C=N–C) groups is 1. The van der Waals surface area contributed by atoms with Crippen LogP contribution in [0.2, 0.25) is 0 Å². The molecule has 0 aliphatic carbocycles. The fourth-order valence-corrected chi connectivity index (χ4v) is 5.15. The molecule has 9 nitrogen and oxygen atoms in total. The Bertz CT molecular complexity index is 1150. The number of fused-ring (bicyclic) bond motifs is 1. The quantitative estimate of drug-likeness (QED) is 0.300. The molecule has 0 radical (unpaired) electrons. The number of aromatic nitrogens is 1. The number of nitrogens with zero attached hydrogens (tertiary/aromatic N) is 3. The molecule has 0 fully saturated rings. The number of ether oxygens (including phenoxy) is 1. The van der Waals surface area contributed by atoms with E-state index in [0.717, 1.165) is 15.8 Å². The molecule has 1 aromatic heterocycles. The second-order valence-corrected chi connectivity index (χ2v) is 8.81. The van der Waals surface area contributed by atoms with E-state index >= 15 is 0 Å². The van der Waals surface area contributed by atoms with E-state index < -0.39 is 19.1 Å². The number of nitrogens with two attached hydrogens (primary N) is 1. The molecule has 2 heterocycles. The van der Waals surface area contributed by atoms with Gasteiger partial charge in [-0.3, -0.25) is 4.99 Å². The molecule has 0 bridgehead atoms. The second kappa shape index (κ2) is 9.14. The molecule has 0 spiro atoms. The summed E-state index contributed by atoms with van der Waals surface area (Å²) in [4.78, 5) is 30.7. The van der Waals surface area contributed by atoms with E-state index in [1.165, 1.54) is 23.1 Å². The highest BCUT2D eigenvalue weighted by atomic mass is 32.2. The van der Waals surface area contributed by atoms with Gasteiger partial charge in [-0.15, -0.1) is 23.1 Å². The number of thioether (sulfide) groups is 1. The van der Waals surface area contributed by atoms with Gasteiger partial charge in [0.1, 0.15) is 21.9 Å². The van der Waals surface area contributed by atoms with Crippen LogP contribution in [0, 0.1) is 4.91 Å². The normalized spacial score (nSPS) is 16.7. The van der Waals surface area contributed by atoms with Gasteiger partial charge in [0.15, 0.2) is 6.04 Å². The third-order valence-electron chi connectivity index (χ3n) is 4.71. The molecule has 12 heteroatoms. The summed E-state index contributed by atoms with van der Waals surface area (Å²) in [5.41, 5.74) is 2.28. The van der Waals surface area contributed by atoms with Gasteiger partial charge in [0.25, 0.3) is 0 Å². The minimum atomic E-state index is -1.04. The Morgan fingerprint density at radius 1 is 1.32 bits per heavy atom. The fraction of sp³-hybridized carbons (Fsp3) is 0.211. The van der Waals surface area contributed by atoms with Crippen molar-refractivity contribution in [3.63, 3.8) is 0 Å². The Hall–Kier alpha value is -2.80. The van der Waals surface area contributed by atoms with E-state index in [1.54, 1.807) is 12.1 Å². The molecular weight excluding hydrogens is 439 g/mol. The molecule has 0 amide bonds. The highest BCUT2D eigenvalue weighted by molar-refractivity contribution is 8.15. The van der Waals surface area contributed by atoms with Crippen LogP contribution in [0.25, 0.3) is 10.2 Å². The number of carbonyl (C=O) groups is 1. The molecular formula is C19H17BN4O5S2. The van der Waals surface area contributed by atoms with Crippen LogP contribution < -0.4 is 16.1 Å². The second-order valence-electron chi connectivity index (χ2n) is 6.77. The maximum atomic E-state index is 11.1. The fourth-order valence-electron chi connectivity index (χ4n) is 3.06. The lowest BCUT2D eigenvalue weighted by Crippen LogP contribution is -2.34. The SMILES string of the molecule is CC(Oc1ccc2nc(C3=NC(C(=O)O)CS3)sc2c1)c1ccc(B(N=O)ON)cc1. The van der Waals surface area contributed by atoms with Crippen molar-refractivity contribution >= 4 is 56.8 Å². The van der Waals surface area contributed by atoms with Crippen molar-refractivity contribution in [2.45, 2.75) is 19.1 Å². The maximum absolute atomic E-state index is 11.1. The van der Waals surface area contributed by atoms with Gasteiger partial charge in [-0.2, -0.15) is 4.91 Å². The molecule has 4 rings (SSSR count). The minimum Gasteiger partial charge on any atom is -0.486 e. The van der Waals surface area contributed by atoms with E-state index in [2.05, 4.69) is 19.8 Å². The zero-order chi connectivity index (χ0) is 22.0. The van der Waals surface area contributed by atoms with Crippen molar-refractivity contribution in [1.29, 1.82) is 0 Å². The Kier molecular flexibility index (Phi) is 6.32. The molecule has 1 aliphatic rings. The molecule has 2 aromatic carbocycles. The van der Waals surface area contributed by atoms with Gasteiger partial charge in [0, 0.05) is 5.75 Å². The van der Waals surface area contributed by atoms with E-state index in [1.807, 2.05) is 37.3 Å². The Morgan fingerprint density at radius 2 is 2.10 bits per heavy atom. The first-order valence-corrected chi connectivity index (χ1v) is 11.1. The topological polar surface area (TPSA) is 136 Å². The van der Waals surface area contributed by atoms with E-state index in [0.29, 0.717) is 27.0 Å². The summed E-state index contributed by atoms with van der Waals surface area (Å²) in [5, 5.41) is 13.3. The van der Waals surface area contributed by atoms with Crippen molar-refractivity contribution in [3.8, 4) is 5.75 Å². The number of rotatable bonds is 8. The number of aliphatic carboxylic acids is 1. The summed E-state index contributed by atoms with van der Waals surface area (Å²) in [6.07, 6.45) is -0.244. The van der Waals surface area contributed by atoms with Gasteiger partial charge >= 0.3 is 13.0 Å². The number of hydrogen-bond acceptors (Lipinski definition) is 10. The third-order valence-corrected chi connectivity index (χ3v) is 6.92. The monoisotopic (exact) mass is 456 g/mol. The standard InChI is InChI=1S/C19H17BN4O5S2/c1-10(11-2-4-12(5-3-11)20(24-27)29-21)28-13-6-7-14-16(8-13)31-18(22-14)17-23-15(9-30-17)19(25)26/h2-8,10,15H,9,21H2,1H3,(H,25,26). The molecule has 3 aromatic rings. The molecule has 0 saturated heterocycles. The first-order chi connectivity index (χ1) is 15.0. The number of hydrogen-bond donors (Lipinski definition) is 2. The van der Waals surface area contributed by atoms with Crippen LogP contribution in [0.5, 0.6) is 5.75 Å². The van der Waals surface area contributed by atoms with Crippen LogP contribution in [0.1, 0.15) is 23.6 Å². The van der Waals surface area contributed by atoms with Gasteiger partial charge in [-0.1, -0.05) is 29.4 Å². The van der Waals surface area contributed by atoms with Crippen LogP contribution in [-0.2, 0) is 9.55 Å². The zero-order valence-corrected chi connectivity index (χ0v) is 17.9. The van der Waals surface area contributed by atoms with Crippen LogP contribution in [0.15, 0.2) is 52.5 Å². The molecule has 3 N–H and O–H groups in total. The van der Waals surface area contributed by atoms with Crippen molar-refractivity contribution in [1.82, 2.24) is 4.98 Å².